The summed E-state index contributed by atoms with van der Waals surface area (Å²) in [6.45, 7) is 2.05. The minimum atomic E-state index is 0.0699. The van der Waals surface area contributed by atoms with Crippen LogP contribution in [-0.4, -0.2) is 22.2 Å². The van der Waals surface area contributed by atoms with Gasteiger partial charge in [-0.15, -0.1) is 0 Å². The van der Waals surface area contributed by atoms with Crippen molar-refractivity contribution in [1.82, 2.24) is 20.4 Å². The molecule has 0 aliphatic rings. The summed E-state index contributed by atoms with van der Waals surface area (Å²) < 4.78 is 6.97. The van der Waals surface area contributed by atoms with E-state index in [1.807, 2.05) is 13.1 Å². The SMILES string of the molecule is CCC(NC)c1nc(-c2ncc(Br)cc2Br)no1. The lowest BCUT2D eigenvalue weighted by Gasteiger charge is -2.06. The normalized spacial score (nSPS) is 12.7. The van der Waals surface area contributed by atoms with Crippen molar-refractivity contribution in [2.45, 2.75) is 19.4 Å². The zero-order chi connectivity index (χ0) is 13.1. The minimum absolute atomic E-state index is 0.0699. The summed E-state index contributed by atoms with van der Waals surface area (Å²) >= 11 is 6.79. The van der Waals surface area contributed by atoms with E-state index in [0.717, 1.165) is 15.4 Å². The maximum Gasteiger partial charge on any atom is 0.244 e. The second kappa shape index (κ2) is 5.90. The topological polar surface area (TPSA) is 63.8 Å². The van der Waals surface area contributed by atoms with Crippen molar-refractivity contribution in [1.29, 1.82) is 0 Å². The summed E-state index contributed by atoms with van der Waals surface area (Å²) in [5.74, 6) is 1.06. The molecule has 2 aromatic rings. The summed E-state index contributed by atoms with van der Waals surface area (Å²) in [4.78, 5) is 8.64. The van der Waals surface area contributed by atoms with E-state index in [-0.39, 0.29) is 6.04 Å². The standard InChI is InChI=1S/C11H12Br2N4O/c1-3-8(14-2)11-16-10(17-18-11)9-7(13)4-6(12)5-15-9/h4-5,8,14H,3H2,1-2H3. The van der Waals surface area contributed by atoms with E-state index in [2.05, 4.69) is 59.2 Å². The first-order valence-corrected chi connectivity index (χ1v) is 7.06. The highest BCUT2D eigenvalue weighted by Gasteiger charge is 2.18. The van der Waals surface area contributed by atoms with E-state index < -0.39 is 0 Å². The van der Waals surface area contributed by atoms with Crippen LogP contribution in [0.4, 0.5) is 0 Å². The maximum absolute atomic E-state index is 5.25. The zero-order valence-electron chi connectivity index (χ0n) is 9.94. The number of pyridine rings is 1. The molecular formula is C11H12Br2N4O. The molecule has 1 unspecified atom stereocenters. The smallest absolute Gasteiger partial charge is 0.244 e. The van der Waals surface area contributed by atoms with Crippen molar-refractivity contribution in [3.05, 3.63) is 27.1 Å². The quantitative estimate of drug-likeness (QED) is 0.887. The molecule has 0 spiro atoms. The first-order valence-electron chi connectivity index (χ1n) is 5.48. The second-order valence-corrected chi connectivity index (χ2v) is 5.46. The van der Waals surface area contributed by atoms with Gasteiger partial charge in [-0.1, -0.05) is 12.1 Å². The Morgan fingerprint density at radius 2 is 2.22 bits per heavy atom. The van der Waals surface area contributed by atoms with Gasteiger partial charge >= 0.3 is 0 Å². The number of hydrogen-bond acceptors (Lipinski definition) is 5. The molecule has 0 amide bonds. The van der Waals surface area contributed by atoms with Crippen molar-refractivity contribution >= 4 is 31.9 Å². The molecular weight excluding hydrogens is 364 g/mol. The van der Waals surface area contributed by atoms with Gasteiger partial charge < -0.3 is 9.84 Å². The lowest BCUT2D eigenvalue weighted by molar-refractivity contribution is 0.334. The third-order valence-corrected chi connectivity index (χ3v) is 3.55. The summed E-state index contributed by atoms with van der Waals surface area (Å²) in [7, 11) is 1.87. The summed E-state index contributed by atoms with van der Waals surface area (Å²) in [6.07, 6.45) is 2.58. The van der Waals surface area contributed by atoms with Crippen molar-refractivity contribution < 1.29 is 4.52 Å². The fourth-order valence-electron chi connectivity index (χ4n) is 1.55. The van der Waals surface area contributed by atoms with Crippen molar-refractivity contribution in [3.8, 4) is 11.5 Å². The Bertz CT molecular complexity index is 540. The van der Waals surface area contributed by atoms with Gasteiger partial charge in [0, 0.05) is 15.1 Å². The first kappa shape index (κ1) is 13.6. The van der Waals surface area contributed by atoms with Gasteiger partial charge in [-0.2, -0.15) is 4.98 Å². The second-order valence-electron chi connectivity index (χ2n) is 3.69. The zero-order valence-corrected chi connectivity index (χ0v) is 13.1. The van der Waals surface area contributed by atoms with Crippen molar-refractivity contribution in [2.24, 2.45) is 0 Å². The predicted molar refractivity (Wildman–Crippen MR) is 75.0 cm³/mol. The van der Waals surface area contributed by atoms with Crippen LogP contribution >= 0.6 is 31.9 Å². The molecule has 0 saturated heterocycles. The van der Waals surface area contributed by atoms with Crippen LogP contribution in [0, 0.1) is 0 Å². The van der Waals surface area contributed by atoms with Gasteiger partial charge in [-0.05, 0) is 51.4 Å². The number of nitrogens with zero attached hydrogens (tertiary/aromatic N) is 3. The van der Waals surface area contributed by atoms with E-state index in [9.17, 15) is 0 Å². The van der Waals surface area contributed by atoms with Gasteiger partial charge in [-0.25, -0.2) is 0 Å². The minimum Gasteiger partial charge on any atom is -0.337 e. The molecule has 0 aliphatic carbocycles. The van der Waals surface area contributed by atoms with Crippen LogP contribution in [0.2, 0.25) is 0 Å². The molecule has 5 nitrogen and oxygen atoms in total. The number of hydrogen-bond donors (Lipinski definition) is 1. The lowest BCUT2D eigenvalue weighted by Crippen LogP contribution is -2.15. The van der Waals surface area contributed by atoms with Crippen molar-refractivity contribution in [2.75, 3.05) is 7.05 Å². The van der Waals surface area contributed by atoms with Gasteiger partial charge in [0.05, 0.1) is 6.04 Å². The molecule has 0 saturated carbocycles. The Labute approximate surface area is 122 Å². The van der Waals surface area contributed by atoms with E-state index in [0.29, 0.717) is 17.4 Å². The highest BCUT2D eigenvalue weighted by molar-refractivity contribution is 9.11. The van der Waals surface area contributed by atoms with Crippen LogP contribution in [-0.2, 0) is 0 Å². The highest BCUT2D eigenvalue weighted by Crippen LogP contribution is 2.27. The summed E-state index contributed by atoms with van der Waals surface area (Å²) in [5, 5.41) is 7.08. The van der Waals surface area contributed by atoms with Crippen LogP contribution in [0.5, 0.6) is 0 Å². The molecule has 2 heterocycles. The van der Waals surface area contributed by atoms with Crippen LogP contribution < -0.4 is 5.32 Å². The maximum atomic E-state index is 5.25. The molecule has 2 rings (SSSR count). The van der Waals surface area contributed by atoms with Gasteiger partial charge in [0.2, 0.25) is 11.7 Å². The highest BCUT2D eigenvalue weighted by atomic mass is 79.9. The van der Waals surface area contributed by atoms with Gasteiger partial charge in [0.1, 0.15) is 5.69 Å². The van der Waals surface area contributed by atoms with Gasteiger partial charge in [-0.3, -0.25) is 4.98 Å². The Kier molecular flexibility index (Phi) is 4.47. The third-order valence-electron chi connectivity index (χ3n) is 2.52. The van der Waals surface area contributed by atoms with E-state index in [4.69, 9.17) is 4.52 Å². The number of halogens is 2. The van der Waals surface area contributed by atoms with E-state index in [1.165, 1.54) is 0 Å². The number of nitrogens with one attached hydrogen (secondary N) is 1. The van der Waals surface area contributed by atoms with Crippen LogP contribution in [0.15, 0.2) is 25.7 Å². The molecule has 0 radical (unpaired) electrons. The lowest BCUT2D eigenvalue weighted by atomic mass is 10.2. The first-order chi connectivity index (χ1) is 8.65. The molecule has 96 valence electrons. The van der Waals surface area contributed by atoms with Crippen LogP contribution in [0.25, 0.3) is 11.5 Å². The molecule has 0 bridgehead atoms. The average Bonchev–Trinajstić information content (AvgIpc) is 2.80. The molecule has 18 heavy (non-hydrogen) atoms. The molecule has 0 aliphatic heterocycles. The largest absolute Gasteiger partial charge is 0.337 e. The third kappa shape index (κ3) is 2.78. The van der Waals surface area contributed by atoms with E-state index in [1.54, 1.807) is 6.20 Å². The average molecular weight is 376 g/mol. The molecule has 2 aromatic heterocycles. The number of aromatic nitrogens is 3. The summed E-state index contributed by atoms with van der Waals surface area (Å²) in [5.41, 5.74) is 0.666. The molecule has 7 heteroatoms. The Morgan fingerprint density at radius 1 is 1.44 bits per heavy atom. The van der Waals surface area contributed by atoms with Crippen LogP contribution in [0.3, 0.4) is 0 Å². The number of rotatable bonds is 4. The Balaban J connectivity index is 2.34. The molecule has 1 atom stereocenters. The molecule has 1 N–H and O–H groups in total. The van der Waals surface area contributed by atoms with Crippen molar-refractivity contribution in [3.63, 3.8) is 0 Å². The Hall–Kier alpha value is -0.790. The molecule has 0 aromatic carbocycles. The van der Waals surface area contributed by atoms with E-state index >= 15 is 0 Å². The fraction of sp³-hybridized carbons (Fsp3) is 0.364. The molecule has 0 fully saturated rings. The fourth-order valence-corrected chi connectivity index (χ4v) is 2.72. The van der Waals surface area contributed by atoms with Gasteiger partial charge in [0.25, 0.3) is 0 Å². The predicted octanol–water partition coefficient (Wildman–Crippen LogP) is 3.33. The van der Waals surface area contributed by atoms with Gasteiger partial charge in [0.15, 0.2) is 0 Å². The monoisotopic (exact) mass is 374 g/mol. The van der Waals surface area contributed by atoms with Crippen LogP contribution in [0.1, 0.15) is 25.3 Å². The summed E-state index contributed by atoms with van der Waals surface area (Å²) in [6, 6.07) is 1.97. The Morgan fingerprint density at radius 3 is 2.83 bits per heavy atom.